The normalized spacial score (nSPS) is 17.1. The van der Waals surface area contributed by atoms with Gasteiger partial charge in [0.15, 0.2) is 0 Å². The Morgan fingerprint density at radius 3 is 2.19 bits per heavy atom. The van der Waals surface area contributed by atoms with Crippen molar-refractivity contribution < 1.29 is 35.9 Å². The van der Waals surface area contributed by atoms with Crippen LogP contribution in [-0.4, -0.2) is 43.9 Å². The quantitative estimate of drug-likeness (QED) is 0.565. The monoisotopic (exact) mass is 540 g/mol. The molecule has 2 atom stereocenters. The number of hydrogen-bond donors (Lipinski definition) is 2. The number of halogens is 3. The molecule has 1 aliphatic heterocycles. The molecule has 37 heavy (non-hydrogen) atoms. The Balaban J connectivity index is 1.77. The molecule has 0 aliphatic carbocycles. The van der Waals surface area contributed by atoms with Crippen molar-refractivity contribution in [2.24, 2.45) is 5.10 Å². The molecule has 2 N–H and O–H groups in total. The highest BCUT2D eigenvalue weighted by Gasteiger charge is 2.43. The molecule has 200 valence electrons. The third-order valence-corrected chi connectivity index (χ3v) is 6.56. The molecule has 2 aromatic rings. The van der Waals surface area contributed by atoms with Crippen LogP contribution >= 0.6 is 0 Å². The van der Waals surface area contributed by atoms with Crippen LogP contribution < -0.4 is 15.0 Å². The van der Waals surface area contributed by atoms with Crippen LogP contribution in [0.15, 0.2) is 64.6 Å². The summed E-state index contributed by atoms with van der Waals surface area (Å²) in [5.74, 6) is -1.00. The second kappa shape index (κ2) is 10.4. The summed E-state index contributed by atoms with van der Waals surface area (Å²) in [5.41, 5.74) is -0.913. The smallest absolute Gasteiger partial charge is 0.431 e. The number of sulfonamides is 1. The Labute approximate surface area is 212 Å². The summed E-state index contributed by atoms with van der Waals surface area (Å²) < 4.78 is 72.5. The Morgan fingerprint density at radius 1 is 1.05 bits per heavy atom. The lowest BCUT2D eigenvalue weighted by Gasteiger charge is -2.24. The molecule has 0 fully saturated rings. The number of alkyl halides is 3. The van der Waals surface area contributed by atoms with Crippen LogP contribution in [0.2, 0.25) is 0 Å². The number of anilines is 1. The van der Waals surface area contributed by atoms with Crippen LogP contribution in [0.25, 0.3) is 0 Å². The van der Waals surface area contributed by atoms with Crippen LogP contribution in [-0.2, 0) is 19.6 Å². The number of alkyl carbamates (subject to hydrolysis) is 1. The van der Waals surface area contributed by atoms with Gasteiger partial charge in [-0.2, -0.15) is 18.3 Å². The maximum atomic E-state index is 13.4. The lowest BCUT2D eigenvalue weighted by molar-refractivity contribution is -0.121. The lowest BCUT2D eigenvalue weighted by atomic mass is 10.0. The third kappa shape index (κ3) is 7.21. The van der Waals surface area contributed by atoms with Crippen molar-refractivity contribution in [1.29, 1.82) is 0 Å². The molecule has 1 heterocycles. The van der Waals surface area contributed by atoms with E-state index in [0.717, 1.165) is 12.1 Å². The van der Waals surface area contributed by atoms with Crippen molar-refractivity contribution in [1.82, 2.24) is 10.0 Å². The molecule has 13 heteroatoms. The van der Waals surface area contributed by atoms with E-state index in [-0.39, 0.29) is 17.0 Å². The van der Waals surface area contributed by atoms with Crippen LogP contribution in [0.4, 0.5) is 23.7 Å². The minimum absolute atomic E-state index is 0.235. The topological polar surface area (TPSA) is 117 Å². The first kappa shape index (κ1) is 28.0. The van der Waals surface area contributed by atoms with Gasteiger partial charge in [0.2, 0.25) is 0 Å². The first-order valence-corrected chi connectivity index (χ1v) is 12.7. The summed E-state index contributed by atoms with van der Waals surface area (Å²) in [6.45, 7) is 6.17. The number of nitrogens with one attached hydrogen (secondary N) is 2. The average Bonchev–Trinajstić information content (AvgIpc) is 3.24. The van der Waals surface area contributed by atoms with Gasteiger partial charge in [0, 0.05) is 6.42 Å². The maximum Gasteiger partial charge on any atom is 0.431 e. The van der Waals surface area contributed by atoms with E-state index in [1.807, 2.05) is 4.72 Å². The van der Waals surface area contributed by atoms with Gasteiger partial charge in [-0.3, -0.25) is 9.80 Å². The maximum absolute atomic E-state index is 13.4. The minimum atomic E-state index is -4.61. The van der Waals surface area contributed by atoms with Crippen LogP contribution in [0.1, 0.15) is 45.7 Å². The predicted molar refractivity (Wildman–Crippen MR) is 130 cm³/mol. The minimum Gasteiger partial charge on any atom is -0.444 e. The highest BCUT2D eigenvalue weighted by molar-refractivity contribution is 7.90. The highest BCUT2D eigenvalue weighted by atomic mass is 32.2. The zero-order valence-corrected chi connectivity index (χ0v) is 21.4. The average molecular weight is 541 g/mol. The summed E-state index contributed by atoms with van der Waals surface area (Å²) in [5, 5.41) is 7.19. The molecule has 0 aromatic heterocycles. The fraction of sp³-hybridized carbons (Fsp3) is 0.375. The van der Waals surface area contributed by atoms with Gasteiger partial charge >= 0.3 is 12.3 Å². The van der Waals surface area contributed by atoms with Gasteiger partial charge in [-0.25, -0.2) is 17.9 Å². The zero-order valence-electron chi connectivity index (χ0n) is 20.5. The molecule has 2 aromatic carbocycles. The van der Waals surface area contributed by atoms with E-state index in [9.17, 15) is 31.2 Å². The number of ether oxygens (including phenoxy) is 1. The third-order valence-electron chi connectivity index (χ3n) is 5.19. The van der Waals surface area contributed by atoms with Gasteiger partial charge < -0.3 is 10.1 Å². The molecular weight excluding hydrogens is 513 g/mol. The van der Waals surface area contributed by atoms with Gasteiger partial charge in [-0.1, -0.05) is 30.3 Å². The van der Waals surface area contributed by atoms with Crippen molar-refractivity contribution in [3.63, 3.8) is 0 Å². The Bertz CT molecular complexity index is 1270. The van der Waals surface area contributed by atoms with Crippen LogP contribution in [0, 0.1) is 0 Å². The second-order valence-electron chi connectivity index (χ2n) is 9.35. The van der Waals surface area contributed by atoms with Gasteiger partial charge in [0.1, 0.15) is 17.4 Å². The number of hydrazone groups is 1. The van der Waals surface area contributed by atoms with E-state index in [4.69, 9.17) is 4.74 Å². The number of rotatable bonds is 6. The summed E-state index contributed by atoms with van der Waals surface area (Å²) in [6.07, 6.45) is -5.87. The fourth-order valence-corrected chi connectivity index (χ4v) is 4.52. The number of amides is 2. The van der Waals surface area contributed by atoms with Crippen molar-refractivity contribution >= 4 is 33.4 Å². The molecule has 0 spiro atoms. The highest BCUT2D eigenvalue weighted by Crippen LogP contribution is 2.39. The van der Waals surface area contributed by atoms with Crippen molar-refractivity contribution in [2.45, 2.75) is 62.9 Å². The van der Waals surface area contributed by atoms with E-state index in [2.05, 4.69) is 10.4 Å². The van der Waals surface area contributed by atoms with Crippen LogP contribution in [0.3, 0.4) is 0 Å². The summed E-state index contributed by atoms with van der Waals surface area (Å²) in [7, 11) is -4.34. The molecule has 0 bridgehead atoms. The van der Waals surface area contributed by atoms with E-state index in [0.29, 0.717) is 5.56 Å². The van der Waals surface area contributed by atoms with E-state index >= 15 is 0 Å². The van der Waals surface area contributed by atoms with E-state index in [1.165, 1.54) is 24.1 Å². The van der Waals surface area contributed by atoms with Gasteiger partial charge in [0.05, 0.1) is 16.6 Å². The zero-order chi connectivity index (χ0) is 27.6. The molecule has 3 rings (SSSR count). The number of hydrogen-bond acceptors (Lipinski definition) is 7. The van der Waals surface area contributed by atoms with E-state index < -0.39 is 51.6 Å². The molecule has 0 saturated heterocycles. The van der Waals surface area contributed by atoms with Crippen molar-refractivity contribution in [2.75, 3.05) is 5.01 Å². The van der Waals surface area contributed by atoms with E-state index in [1.54, 1.807) is 51.1 Å². The molecule has 2 unspecified atom stereocenters. The first-order chi connectivity index (χ1) is 17.1. The number of benzene rings is 2. The summed E-state index contributed by atoms with van der Waals surface area (Å²) in [6, 6.07) is 11.5. The molecular formula is C24H27F3N4O5S. The number of nitrogens with zero attached hydrogens (tertiary/aromatic N) is 2. The molecule has 2 amide bonds. The summed E-state index contributed by atoms with van der Waals surface area (Å²) >= 11 is 0. The molecule has 1 aliphatic rings. The number of carbonyl (C=O) groups excluding carboxylic acids is 2. The van der Waals surface area contributed by atoms with Crippen molar-refractivity contribution in [3.8, 4) is 0 Å². The van der Waals surface area contributed by atoms with Gasteiger partial charge in [-0.05, 0) is 57.5 Å². The first-order valence-electron chi connectivity index (χ1n) is 11.2. The molecule has 9 nitrogen and oxygen atoms in total. The SMILES string of the molecule is CC(NC(=O)OC(C)(C)C)C(=O)NS(=O)(=O)c1ccc(N2N=C(C(F)(F)F)CC2c2ccccc2)cc1. The Morgan fingerprint density at radius 2 is 1.65 bits per heavy atom. The lowest BCUT2D eigenvalue weighted by Crippen LogP contribution is -2.47. The van der Waals surface area contributed by atoms with Crippen LogP contribution in [0.5, 0.6) is 0 Å². The van der Waals surface area contributed by atoms with Gasteiger partial charge in [0.25, 0.3) is 15.9 Å². The van der Waals surface area contributed by atoms with Gasteiger partial charge in [-0.15, -0.1) is 0 Å². The Kier molecular flexibility index (Phi) is 7.86. The Hall–Kier alpha value is -3.61. The largest absolute Gasteiger partial charge is 0.444 e. The molecule has 0 radical (unpaired) electrons. The number of carbonyl (C=O) groups is 2. The fourth-order valence-electron chi connectivity index (χ4n) is 3.46. The second-order valence-corrected chi connectivity index (χ2v) is 11.0. The standard InChI is InChI=1S/C24H27F3N4O5S/c1-15(28-22(33)36-23(2,3)4)21(32)30-37(34,35)18-12-10-17(11-13-18)31-19(16-8-6-5-7-9-16)14-20(29-31)24(25,26)27/h5-13,15,19H,14H2,1-4H3,(H,28,33)(H,30,32). The molecule has 0 saturated carbocycles. The van der Waals surface area contributed by atoms with Crippen molar-refractivity contribution in [3.05, 3.63) is 60.2 Å². The predicted octanol–water partition coefficient (Wildman–Crippen LogP) is 4.27. The summed E-state index contributed by atoms with van der Waals surface area (Å²) in [4.78, 5) is 23.9.